The molecule has 0 spiro atoms. The molecule has 33 heavy (non-hydrogen) atoms. The highest BCUT2D eigenvalue weighted by atomic mass is 19.1. The number of carbonyl (C=O) groups is 2. The average Bonchev–Trinajstić information content (AvgIpc) is 3.76. The SMILES string of the molecule is O=C(c1ccc(N2CCCC2=O)cc1F)N1CCN(c2ncc(C3=CC3)cc2C2CC2)CC1. The molecule has 1 saturated carbocycles. The first-order valence-corrected chi connectivity index (χ1v) is 11.9. The average molecular weight is 447 g/mol. The van der Waals surface area contributed by atoms with E-state index in [2.05, 4.69) is 17.0 Å². The van der Waals surface area contributed by atoms with Gasteiger partial charge >= 0.3 is 0 Å². The zero-order chi connectivity index (χ0) is 22.5. The second-order valence-electron chi connectivity index (χ2n) is 9.44. The highest BCUT2D eigenvalue weighted by molar-refractivity contribution is 5.98. The second-order valence-corrected chi connectivity index (χ2v) is 9.44. The van der Waals surface area contributed by atoms with Gasteiger partial charge in [0, 0.05) is 51.0 Å². The normalized spacial score (nSPS) is 20.3. The molecule has 2 saturated heterocycles. The molecule has 7 heteroatoms. The van der Waals surface area contributed by atoms with Gasteiger partial charge in [-0.3, -0.25) is 9.59 Å². The van der Waals surface area contributed by atoms with Crippen molar-refractivity contribution in [2.24, 2.45) is 0 Å². The molecule has 0 bridgehead atoms. The number of benzene rings is 1. The van der Waals surface area contributed by atoms with Crippen LogP contribution in [0.3, 0.4) is 0 Å². The predicted molar refractivity (Wildman–Crippen MR) is 125 cm³/mol. The van der Waals surface area contributed by atoms with Gasteiger partial charge in [0.15, 0.2) is 0 Å². The Morgan fingerprint density at radius 3 is 2.48 bits per heavy atom. The molecule has 170 valence electrons. The van der Waals surface area contributed by atoms with E-state index in [1.54, 1.807) is 15.9 Å². The molecule has 4 aliphatic rings. The molecule has 2 aromatic rings. The number of rotatable bonds is 5. The van der Waals surface area contributed by atoms with Gasteiger partial charge in [0.2, 0.25) is 5.91 Å². The Balaban J connectivity index is 1.14. The van der Waals surface area contributed by atoms with Crippen LogP contribution in [0.5, 0.6) is 0 Å². The first-order valence-electron chi connectivity index (χ1n) is 11.9. The van der Waals surface area contributed by atoms with Gasteiger partial charge in [0.1, 0.15) is 11.6 Å². The first-order chi connectivity index (χ1) is 16.1. The van der Waals surface area contributed by atoms with Crippen LogP contribution in [0.2, 0.25) is 0 Å². The number of hydrogen-bond acceptors (Lipinski definition) is 4. The molecule has 0 unspecified atom stereocenters. The van der Waals surface area contributed by atoms with Crippen LogP contribution in [0.1, 0.15) is 59.5 Å². The fourth-order valence-electron chi connectivity index (χ4n) is 4.95. The van der Waals surface area contributed by atoms with Gasteiger partial charge in [-0.05, 0) is 72.6 Å². The monoisotopic (exact) mass is 446 g/mol. The summed E-state index contributed by atoms with van der Waals surface area (Å²) in [5, 5.41) is 0. The number of carbonyl (C=O) groups excluding carboxylic acids is 2. The molecule has 2 amide bonds. The van der Waals surface area contributed by atoms with Gasteiger partial charge in [0.25, 0.3) is 5.91 Å². The largest absolute Gasteiger partial charge is 0.353 e. The minimum Gasteiger partial charge on any atom is -0.353 e. The third-order valence-corrected chi connectivity index (χ3v) is 7.13. The molecule has 3 heterocycles. The quantitative estimate of drug-likeness (QED) is 0.697. The summed E-state index contributed by atoms with van der Waals surface area (Å²) >= 11 is 0. The fraction of sp³-hybridized carbons (Fsp3) is 0.423. The third-order valence-electron chi connectivity index (χ3n) is 7.13. The minimum absolute atomic E-state index is 0.00524. The Morgan fingerprint density at radius 1 is 1.06 bits per heavy atom. The Hall–Kier alpha value is -3.22. The van der Waals surface area contributed by atoms with Crippen LogP contribution in [0, 0.1) is 5.82 Å². The van der Waals surface area contributed by atoms with E-state index in [0.29, 0.717) is 50.7 Å². The maximum atomic E-state index is 14.8. The summed E-state index contributed by atoms with van der Waals surface area (Å²) in [5.41, 5.74) is 4.55. The maximum absolute atomic E-state index is 14.8. The van der Waals surface area contributed by atoms with Crippen LogP contribution in [0.15, 0.2) is 36.5 Å². The molecular formula is C26H27FN4O2. The van der Waals surface area contributed by atoms with Crippen molar-refractivity contribution in [3.8, 4) is 0 Å². The molecule has 2 aliphatic heterocycles. The molecule has 6 rings (SSSR count). The maximum Gasteiger partial charge on any atom is 0.256 e. The van der Waals surface area contributed by atoms with Crippen molar-refractivity contribution < 1.29 is 14.0 Å². The molecule has 6 nitrogen and oxygen atoms in total. The number of nitrogens with zero attached hydrogens (tertiary/aromatic N) is 4. The van der Waals surface area contributed by atoms with Crippen LogP contribution >= 0.6 is 0 Å². The van der Waals surface area contributed by atoms with E-state index in [4.69, 9.17) is 4.98 Å². The topological polar surface area (TPSA) is 56.8 Å². The number of pyridine rings is 1. The van der Waals surface area contributed by atoms with E-state index in [1.165, 1.54) is 41.7 Å². The zero-order valence-electron chi connectivity index (χ0n) is 18.6. The van der Waals surface area contributed by atoms with Crippen LogP contribution in [-0.4, -0.2) is 54.4 Å². The molecule has 0 N–H and O–H groups in total. The van der Waals surface area contributed by atoms with E-state index in [-0.39, 0.29) is 17.4 Å². The predicted octanol–water partition coefficient (Wildman–Crippen LogP) is 3.97. The summed E-state index contributed by atoms with van der Waals surface area (Å²) in [5.74, 6) is 0.785. The Labute approximate surface area is 192 Å². The van der Waals surface area contributed by atoms with Crippen LogP contribution in [0.25, 0.3) is 5.57 Å². The molecule has 1 aromatic heterocycles. The van der Waals surface area contributed by atoms with E-state index < -0.39 is 5.82 Å². The van der Waals surface area contributed by atoms with Gasteiger partial charge in [-0.25, -0.2) is 9.37 Å². The smallest absolute Gasteiger partial charge is 0.256 e. The van der Waals surface area contributed by atoms with E-state index >= 15 is 0 Å². The number of anilines is 2. The standard InChI is InChI=1S/C26H27FN4O2/c27-23-15-20(31-9-1-2-24(31)32)7-8-21(23)26(33)30-12-10-29(11-13-30)25-22(18-5-6-18)14-19(16-28-25)17-3-4-17/h3,7-8,14-16,18H,1-2,4-6,9-13H2. The van der Waals surface area contributed by atoms with Crippen molar-refractivity contribution in [1.82, 2.24) is 9.88 Å². The van der Waals surface area contributed by atoms with E-state index in [9.17, 15) is 14.0 Å². The van der Waals surface area contributed by atoms with Gasteiger partial charge in [-0.15, -0.1) is 0 Å². The van der Waals surface area contributed by atoms with Crippen molar-refractivity contribution in [3.63, 3.8) is 0 Å². The van der Waals surface area contributed by atoms with Gasteiger partial charge in [0.05, 0.1) is 5.56 Å². The number of amides is 2. The number of hydrogen-bond donors (Lipinski definition) is 0. The zero-order valence-corrected chi connectivity index (χ0v) is 18.6. The molecular weight excluding hydrogens is 419 g/mol. The summed E-state index contributed by atoms with van der Waals surface area (Å²) < 4.78 is 14.8. The lowest BCUT2D eigenvalue weighted by Gasteiger charge is -2.36. The number of allylic oxidation sites excluding steroid dienone is 2. The van der Waals surface area contributed by atoms with Gasteiger partial charge < -0.3 is 14.7 Å². The summed E-state index contributed by atoms with van der Waals surface area (Å²) in [6.07, 6.45) is 8.97. The van der Waals surface area contributed by atoms with Gasteiger partial charge in [-0.2, -0.15) is 0 Å². The van der Waals surface area contributed by atoms with Crippen LogP contribution in [-0.2, 0) is 4.79 Å². The lowest BCUT2D eigenvalue weighted by Crippen LogP contribution is -2.49. The molecule has 0 atom stereocenters. The molecule has 3 fully saturated rings. The lowest BCUT2D eigenvalue weighted by atomic mass is 10.1. The van der Waals surface area contributed by atoms with E-state index in [1.807, 2.05) is 6.20 Å². The van der Waals surface area contributed by atoms with Crippen molar-refractivity contribution >= 4 is 28.9 Å². The second kappa shape index (κ2) is 7.97. The first kappa shape index (κ1) is 20.4. The third kappa shape index (κ3) is 3.90. The number of piperazine rings is 1. The summed E-state index contributed by atoms with van der Waals surface area (Å²) in [6.45, 7) is 3.03. The Kier molecular flexibility index (Phi) is 4.93. The summed E-state index contributed by atoms with van der Waals surface area (Å²) in [4.78, 5) is 35.4. The Bertz CT molecular complexity index is 1160. The minimum atomic E-state index is -0.567. The Morgan fingerprint density at radius 2 is 1.85 bits per heavy atom. The summed E-state index contributed by atoms with van der Waals surface area (Å²) in [7, 11) is 0. The number of aromatic nitrogens is 1. The van der Waals surface area contributed by atoms with Crippen LogP contribution in [0.4, 0.5) is 15.9 Å². The van der Waals surface area contributed by atoms with Crippen LogP contribution < -0.4 is 9.80 Å². The van der Waals surface area contributed by atoms with Crippen molar-refractivity contribution in [2.45, 2.75) is 38.0 Å². The van der Waals surface area contributed by atoms with Crippen molar-refractivity contribution in [1.29, 1.82) is 0 Å². The molecule has 1 aromatic carbocycles. The van der Waals surface area contributed by atoms with Gasteiger partial charge in [-0.1, -0.05) is 6.08 Å². The highest BCUT2D eigenvalue weighted by Crippen LogP contribution is 2.45. The highest BCUT2D eigenvalue weighted by Gasteiger charge is 2.32. The molecule has 0 radical (unpaired) electrons. The number of halogens is 1. The lowest BCUT2D eigenvalue weighted by molar-refractivity contribution is -0.117. The van der Waals surface area contributed by atoms with E-state index in [0.717, 1.165) is 18.7 Å². The fourth-order valence-corrected chi connectivity index (χ4v) is 4.95. The summed E-state index contributed by atoms with van der Waals surface area (Å²) in [6, 6.07) is 6.81. The van der Waals surface area contributed by atoms with Crippen molar-refractivity contribution in [2.75, 3.05) is 42.5 Å². The van der Waals surface area contributed by atoms with Crippen molar-refractivity contribution in [3.05, 3.63) is 59.0 Å². The molecule has 2 aliphatic carbocycles.